The Morgan fingerprint density at radius 3 is 2.48 bits per heavy atom. The standard InChI is InChI=1S/C23H31N5O3/c1-5-11-31-12-10-28-19-13-17(16-8-9-20(30-4)24-14-16)15-25-21(19)27-22(23(28)29)26-18(6-2)7-3/h8-9,13-15,18H,5-7,10-12H2,1-4H3,(H,25,26,27). The Balaban J connectivity index is 2.05. The normalized spacial score (nSPS) is 11.3. The van der Waals surface area contributed by atoms with Gasteiger partial charge in [-0.2, -0.15) is 0 Å². The molecule has 0 saturated carbocycles. The van der Waals surface area contributed by atoms with Gasteiger partial charge in [-0.25, -0.2) is 15.0 Å². The molecule has 0 saturated heterocycles. The number of rotatable bonds is 11. The fraction of sp³-hybridized carbons (Fsp3) is 0.478. The molecule has 0 radical (unpaired) electrons. The maximum absolute atomic E-state index is 13.3. The number of ether oxygens (including phenoxy) is 2. The van der Waals surface area contributed by atoms with Crippen molar-refractivity contribution >= 4 is 17.0 Å². The third-order valence-corrected chi connectivity index (χ3v) is 5.22. The van der Waals surface area contributed by atoms with Crippen LogP contribution in [0.3, 0.4) is 0 Å². The van der Waals surface area contributed by atoms with Crippen LogP contribution in [-0.4, -0.2) is 45.9 Å². The van der Waals surface area contributed by atoms with Crippen LogP contribution in [0.2, 0.25) is 0 Å². The van der Waals surface area contributed by atoms with Crippen LogP contribution < -0.4 is 15.6 Å². The fourth-order valence-corrected chi connectivity index (χ4v) is 3.36. The quantitative estimate of drug-likeness (QED) is 0.466. The molecule has 0 aliphatic carbocycles. The van der Waals surface area contributed by atoms with Gasteiger partial charge in [-0.15, -0.1) is 0 Å². The van der Waals surface area contributed by atoms with Crippen LogP contribution in [0.1, 0.15) is 40.0 Å². The van der Waals surface area contributed by atoms with Crippen molar-refractivity contribution in [3.63, 3.8) is 0 Å². The van der Waals surface area contributed by atoms with Crippen molar-refractivity contribution in [3.05, 3.63) is 40.9 Å². The lowest BCUT2D eigenvalue weighted by Gasteiger charge is -2.18. The molecule has 0 aliphatic rings. The molecule has 3 rings (SSSR count). The van der Waals surface area contributed by atoms with Crippen molar-refractivity contribution in [3.8, 4) is 17.0 Å². The summed E-state index contributed by atoms with van der Waals surface area (Å²) in [6.07, 6.45) is 6.23. The largest absolute Gasteiger partial charge is 0.481 e. The smallest absolute Gasteiger partial charge is 0.293 e. The van der Waals surface area contributed by atoms with Gasteiger partial charge < -0.3 is 14.8 Å². The summed E-state index contributed by atoms with van der Waals surface area (Å²) in [4.78, 5) is 26.6. The lowest BCUT2D eigenvalue weighted by Crippen LogP contribution is -2.30. The van der Waals surface area contributed by atoms with Gasteiger partial charge in [-0.3, -0.25) is 9.36 Å². The van der Waals surface area contributed by atoms with E-state index in [4.69, 9.17) is 9.47 Å². The molecule has 0 fully saturated rings. The number of anilines is 1. The van der Waals surface area contributed by atoms with Crippen molar-refractivity contribution in [1.82, 2.24) is 19.5 Å². The molecule has 0 aromatic carbocycles. The number of hydrogen-bond acceptors (Lipinski definition) is 7. The summed E-state index contributed by atoms with van der Waals surface area (Å²) in [7, 11) is 1.58. The predicted octanol–water partition coefficient (Wildman–Crippen LogP) is 3.89. The van der Waals surface area contributed by atoms with Crippen LogP contribution in [0.4, 0.5) is 5.82 Å². The number of aromatic nitrogens is 4. The Hall–Kier alpha value is -3.00. The third kappa shape index (κ3) is 5.38. The van der Waals surface area contributed by atoms with Crippen LogP contribution >= 0.6 is 0 Å². The minimum atomic E-state index is -0.161. The molecular weight excluding hydrogens is 394 g/mol. The second-order valence-electron chi connectivity index (χ2n) is 7.34. The van der Waals surface area contributed by atoms with Crippen molar-refractivity contribution in [2.45, 2.75) is 52.6 Å². The number of nitrogens with zero attached hydrogens (tertiary/aromatic N) is 4. The molecule has 0 aliphatic heterocycles. The van der Waals surface area contributed by atoms with Gasteiger partial charge >= 0.3 is 0 Å². The Morgan fingerprint density at radius 2 is 1.84 bits per heavy atom. The van der Waals surface area contributed by atoms with Gasteiger partial charge in [0.25, 0.3) is 5.56 Å². The highest BCUT2D eigenvalue weighted by atomic mass is 16.5. The molecule has 0 spiro atoms. The van der Waals surface area contributed by atoms with E-state index in [1.54, 1.807) is 30.1 Å². The highest BCUT2D eigenvalue weighted by Gasteiger charge is 2.15. The van der Waals surface area contributed by atoms with E-state index in [2.05, 4.69) is 41.0 Å². The summed E-state index contributed by atoms with van der Waals surface area (Å²) in [5, 5.41) is 3.29. The van der Waals surface area contributed by atoms with Crippen LogP contribution in [0.5, 0.6) is 5.88 Å². The Bertz CT molecular complexity index is 1050. The van der Waals surface area contributed by atoms with E-state index in [0.29, 0.717) is 42.6 Å². The third-order valence-electron chi connectivity index (χ3n) is 5.22. The summed E-state index contributed by atoms with van der Waals surface area (Å²) in [5.41, 5.74) is 2.78. The first kappa shape index (κ1) is 22.7. The van der Waals surface area contributed by atoms with Gasteiger partial charge in [0.2, 0.25) is 5.88 Å². The number of fused-ring (bicyclic) bond motifs is 1. The molecule has 0 amide bonds. The van der Waals surface area contributed by atoms with E-state index >= 15 is 0 Å². The van der Waals surface area contributed by atoms with Crippen molar-refractivity contribution in [2.24, 2.45) is 0 Å². The molecule has 166 valence electrons. The molecule has 8 heteroatoms. The van der Waals surface area contributed by atoms with E-state index in [9.17, 15) is 4.79 Å². The SMILES string of the molecule is CCCOCCn1c(=O)c(NC(CC)CC)nc2ncc(-c3ccc(OC)nc3)cc21. The topological polar surface area (TPSA) is 91.2 Å². The zero-order valence-corrected chi connectivity index (χ0v) is 18.7. The highest BCUT2D eigenvalue weighted by molar-refractivity contribution is 5.78. The second kappa shape index (κ2) is 10.9. The molecule has 0 unspecified atom stereocenters. The minimum Gasteiger partial charge on any atom is -0.481 e. The molecule has 31 heavy (non-hydrogen) atoms. The summed E-state index contributed by atoms with van der Waals surface area (Å²) >= 11 is 0. The maximum atomic E-state index is 13.3. The van der Waals surface area contributed by atoms with Crippen LogP contribution in [0.15, 0.2) is 35.4 Å². The summed E-state index contributed by atoms with van der Waals surface area (Å²) in [5.74, 6) is 0.879. The molecular formula is C23H31N5O3. The highest BCUT2D eigenvalue weighted by Crippen LogP contribution is 2.23. The zero-order chi connectivity index (χ0) is 22.2. The second-order valence-corrected chi connectivity index (χ2v) is 7.34. The summed E-state index contributed by atoms with van der Waals surface area (Å²) in [6.45, 7) is 7.79. The Morgan fingerprint density at radius 1 is 1.06 bits per heavy atom. The van der Waals surface area contributed by atoms with Gasteiger partial charge in [0.15, 0.2) is 11.5 Å². The lowest BCUT2D eigenvalue weighted by molar-refractivity contribution is 0.127. The predicted molar refractivity (Wildman–Crippen MR) is 123 cm³/mol. The molecule has 0 bridgehead atoms. The number of hydrogen-bond donors (Lipinski definition) is 1. The van der Waals surface area contributed by atoms with Crippen LogP contribution in [-0.2, 0) is 11.3 Å². The molecule has 3 heterocycles. The first-order valence-corrected chi connectivity index (χ1v) is 10.9. The molecule has 1 N–H and O–H groups in total. The summed E-state index contributed by atoms with van der Waals surface area (Å²) in [6, 6.07) is 5.83. The Kier molecular flexibility index (Phi) is 7.94. The van der Waals surface area contributed by atoms with E-state index in [1.165, 1.54) is 0 Å². The van der Waals surface area contributed by atoms with E-state index in [0.717, 1.165) is 30.4 Å². The molecule has 3 aromatic heterocycles. The first-order valence-electron chi connectivity index (χ1n) is 10.9. The number of methoxy groups -OCH3 is 1. The average molecular weight is 426 g/mol. The van der Waals surface area contributed by atoms with Gasteiger partial charge in [-0.1, -0.05) is 20.8 Å². The van der Waals surface area contributed by atoms with E-state index in [1.807, 2.05) is 12.1 Å². The van der Waals surface area contributed by atoms with Crippen LogP contribution in [0.25, 0.3) is 22.3 Å². The van der Waals surface area contributed by atoms with E-state index in [-0.39, 0.29) is 11.6 Å². The molecule has 3 aromatic rings. The lowest BCUT2D eigenvalue weighted by atomic mass is 10.1. The van der Waals surface area contributed by atoms with Gasteiger partial charge in [0.05, 0.1) is 19.2 Å². The van der Waals surface area contributed by atoms with Gasteiger partial charge in [0.1, 0.15) is 0 Å². The molecule has 8 nitrogen and oxygen atoms in total. The van der Waals surface area contributed by atoms with Gasteiger partial charge in [0, 0.05) is 48.8 Å². The van der Waals surface area contributed by atoms with Crippen molar-refractivity contribution < 1.29 is 9.47 Å². The first-order chi connectivity index (χ1) is 15.1. The van der Waals surface area contributed by atoms with Crippen molar-refractivity contribution in [2.75, 3.05) is 25.6 Å². The monoisotopic (exact) mass is 425 g/mol. The molecule has 0 atom stereocenters. The van der Waals surface area contributed by atoms with Gasteiger partial charge in [-0.05, 0) is 31.4 Å². The zero-order valence-electron chi connectivity index (χ0n) is 18.7. The minimum absolute atomic E-state index is 0.161. The fourth-order valence-electron chi connectivity index (χ4n) is 3.36. The number of nitrogens with one attached hydrogen (secondary N) is 1. The summed E-state index contributed by atoms with van der Waals surface area (Å²) < 4.78 is 12.5. The van der Waals surface area contributed by atoms with Crippen molar-refractivity contribution in [1.29, 1.82) is 0 Å². The van der Waals surface area contributed by atoms with Crippen LogP contribution in [0, 0.1) is 0 Å². The number of pyridine rings is 2. The average Bonchev–Trinajstić information content (AvgIpc) is 2.81. The maximum Gasteiger partial charge on any atom is 0.293 e. The Labute approximate surface area is 182 Å². The van der Waals surface area contributed by atoms with E-state index < -0.39 is 0 Å².